The largest absolute Gasteiger partial charge is 0.478 e. The Morgan fingerprint density at radius 2 is 2.16 bits per heavy atom. The topological polar surface area (TPSA) is 49.3 Å². The average Bonchev–Trinajstić information content (AvgIpc) is 2.75. The zero-order valence-electron chi connectivity index (χ0n) is 9.98. The maximum atomic E-state index is 10.9. The number of anilines is 1. The minimum atomic E-state index is -0.948. The van der Waals surface area contributed by atoms with Crippen molar-refractivity contribution in [1.82, 2.24) is 0 Å². The van der Waals surface area contributed by atoms with Crippen LogP contribution < -0.4 is 5.32 Å². The maximum absolute atomic E-state index is 10.9. The van der Waals surface area contributed by atoms with Gasteiger partial charge in [0.05, 0.1) is 15.9 Å². The van der Waals surface area contributed by atoms with Crippen LogP contribution in [-0.2, 0) is 0 Å². The van der Waals surface area contributed by atoms with Crippen LogP contribution in [0.3, 0.4) is 0 Å². The summed E-state index contributed by atoms with van der Waals surface area (Å²) in [6, 6.07) is 9.03. The van der Waals surface area contributed by atoms with E-state index in [9.17, 15) is 4.79 Å². The lowest BCUT2D eigenvalue weighted by Gasteiger charge is -2.14. The van der Waals surface area contributed by atoms with Gasteiger partial charge in [0, 0.05) is 15.0 Å². The third-order valence-electron chi connectivity index (χ3n) is 2.60. The Morgan fingerprint density at radius 3 is 2.68 bits per heavy atom. The van der Waals surface area contributed by atoms with Crippen molar-refractivity contribution in [3.8, 4) is 0 Å². The fourth-order valence-electron chi connectivity index (χ4n) is 1.66. The minimum Gasteiger partial charge on any atom is -0.478 e. The van der Waals surface area contributed by atoms with Gasteiger partial charge in [-0.1, -0.05) is 11.6 Å². The summed E-state index contributed by atoms with van der Waals surface area (Å²) in [7, 11) is 0. The van der Waals surface area contributed by atoms with Crippen molar-refractivity contribution >= 4 is 50.5 Å². The van der Waals surface area contributed by atoms with E-state index >= 15 is 0 Å². The predicted molar refractivity (Wildman–Crippen MR) is 82.5 cm³/mol. The number of aromatic carboxylic acids is 1. The summed E-state index contributed by atoms with van der Waals surface area (Å²) in [5.74, 6) is -0.948. The summed E-state index contributed by atoms with van der Waals surface area (Å²) < 4.78 is 1.31. The zero-order valence-corrected chi connectivity index (χ0v) is 13.1. The van der Waals surface area contributed by atoms with E-state index in [0.717, 1.165) is 14.9 Å². The predicted octanol–water partition coefficient (Wildman–Crippen LogP) is 5.04. The van der Waals surface area contributed by atoms with Gasteiger partial charge < -0.3 is 10.4 Å². The van der Waals surface area contributed by atoms with Crippen molar-refractivity contribution in [3.05, 3.63) is 49.6 Å². The van der Waals surface area contributed by atoms with Crippen LogP contribution in [0.25, 0.3) is 0 Å². The summed E-state index contributed by atoms with van der Waals surface area (Å²) in [4.78, 5) is 12.0. The van der Waals surface area contributed by atoms with E-state index in [-0.39, 0.29) is 11.6 Å². The molecule has 0 amide bonds. The van der Waals surface area contributed by atoms with Crippen LogP contribution in [0.5, 0.6) is 0 Å². The SMILES string of the molecule is CC(Nc1ccc(C(=O)O)c(Br)c1)c1ccc(Cl)s1. The molecule has 1 unspecified atom stereocenters. The van der Waals surface area contributed by atoms with Gasteiger partial charge in [0.15, 0.2) is 0 Å². The standard InChI is InChI=1S/C13H11BrClNO2S/c1-7(11-4-5-12(15)19-11)16-8-2-3-9(13(17)18)10(14)6-8/h2-7,16H,1H3,(H,17,18). The number of carboxylic acid groups (broad SMARTS) is 1. The van der Waals surface area contributed by atoms with E-state index in [1.54, 1.807) is 18.2 Å². The number of carboxylic acids is 1. The molecule has 0 aliphatic heterocycles. The summed E-state index contributed by atoms with van der Waals surface area (Å²) in [6.45, 7) is 2.03. The Hall–Kier alpha value is -1.04. The van der Waals surface area contributed by atoms with Gasteiger partial charge in [-0.05, 0) is 53.2 Å². The van der Waals surface area contributed by atoms with E-state index in [4.69, 9.17) is 16.7 Å². The zero-order chi connectivity index (χ0) is 14.0. The highest BCUT2D eigenvalue weighted by molar-refractivity contribution is 9.10. The van der Waals surface area contributed by atoms with E-state index in [2.05, 4.69) is 21.2 Å². The smallest absolute Gasteiger partial charge is 0.336 e. The van der Waals surface area contributed by atoms with Gasteiger partial charge in [-0.25, -0.2) is 4.79 Å². The van der Waals surface area contributed by atoms with Crippen molar-refractivity contribution in [2.24, 2.45) is 0 Å². The number of halogens is 2. The van der Waals surface area contributed by atoms with Crippen molar-refractivity contribution in [3.63, 3.8) is 0 Å². The lowest BCUT2D eigenvalue weighted by Crippen LogP contribution is -2.05. The van der Waals surface area contributed by atoms with E-state index in [1.807, 2.05) is 19.1 Å². The fourth-order valence-corrected chi connectivity index (χ4v) is 3.27. The van der Waals surface area contributed by atoms with Crippen LogP contribution in [0.2, 0.25) is 4.34 Å². The number of rotatable bonds is 4. The molecule has 1 heterocycles. The summed E-state index contributed by atoms with van der Waals surface area (Å²) in [6.07, 6.45) is 0. The average molecular weight is 361 g/mol. The Kier molecular flexibility index (Phi) is 4.50. The number of thiophene rings is 1. The highest BCUT2D eigenvalue weighted by Gasteiger charge is 2.11. The number of benzene rings is 1. The van der Waals surface area contributed by atoms with Gasteiger partial charge in [0.2, 0.25) is 0 Å². The molecule has 19 heavy (non-hydrogen) atoms. The quantitative estimate of drug-likeness (QED) is 0.803. The molecule has 0 fully saturated rings. The Bertz CT molecular complexity index is 614. The van der Waals surface area contributed by atoms with Crippen LogP contribution in [-0.4, -0.2) is 11.1 Å². The summed E-state index contributed by atoms with van der Waals surface area (Å²) in [5, 5.41) is 12.3. The molecule has 0 spiro atoms. The fraction of sp³-hybridized carbons (Fsp3) is 0.154. The first-order valence-electron chi connectivity index (χ1n) is 5.52. The monoisotopic (exact) mass is 359 g/mol. The van der Waals surface area contributed by atoms with Crippen molar-refractivity contribution in [2.75, 3.05) is 5.32 Å². The first-order valence-corrected chi connectivity index (χ1v) is 7.50. The lowest BCUT2D eigenvalue weighted by molar-refractivity contribution is 0.0696. The number of nitrogens with one attached hydrogen (secondary N) is 1. The highest BCUT2D eigenvalue weighted by atomic mass is 79.9. The van der Waals surface area contributed by atoms with E-state index in [0.29, 0.717) is 4.47 Å². The van der Waals surface area contributed by atoms with Gasteiger partial charge >= 0.3 is 5.97 Å². The molecule has 1 aromatic carbocycles. The van der Waals surface area contributed by atoms with Crippen molar-refractivity contribution in [1.29, 1.82) is 0 Å². The van der Waals surface area contributed by atoms with E-state index < -0.39 is 5.97 Å². The van der Waals surface area contributed by atoms with Crippen LogP contribution in [0.15, 0.2) is 34.8 Å². The van der Waals surface area contributed by atoms with Crippen molar-refractivity contribution < 1.29 is 9.90 Å². The molecule has 1 aromatic heterocycles. The molecule has 6 heteroatoms. The molecular weight excluding hydrogens is 350 g/mol. The molecule has 0 aliphatic rings. The molecule has 1 atom stereocenters. The summed E-state index contributed by atoms with van der Waals surface area (Å²) in [5.41, 5.74) is 1.10. The molecule has 0 aliphatic carbocycles. The number of hydrogen-bond donors (Lipinski definition) is 2. The lowest BCUT2D eigenvalue weighted by atomic mass is 10.2. The molecule has 2 aromatic rings. The number of carbonyl (C=O) groups is 1. The minimum absolute atomic E-state index is 0.111. The van der Waals surface area contributed by atoms with Crippen LogP contribution >= 0.6 is 38.9 Å². The summed E-state index contributed by atoms with van der Waals surface area (Å²) >= 11 is 10.7. The van der Waals surface area contributed by atoms with Crippen LogP contribution in [0.4, 0.5) is 5.69 Å². The van der Waals surface area contributed by atoms with Gasteiger partial charge in [0.1, 0.15) is 0 Å². The molecule has 0 radical (unpaired) electrons. The highest BCUT2D eigenvalue weighted by Crippen LogP contribution is 2.30. The third-order valence-corrected chi connectivity index (χ3v) is 4.67. The third kappa shape index (κ3) is 3.49. The molecule has 2 rings (SSSR count). The Balaban J connectivity index is 2.15. The first-order chi connectivity index (χ1) is 8.97. The molecule has 100 valence electrons. The van der Waals surface area contributed by atoms with Gasteiger partial charge in [-0.2, -0.15) is 0 Å². The van der Waals surface area contributed by atoms with Gasteiger partial charge in [0.25, 0.3) is 0 Å². The molecule has 3 nitrogen and oxygen atoms in total. The maximum Gasteiger partial charge on any atom is 0.336 e. The van der Waals surface area contributed by atoms with Crippen LogP contribution in [0.1, 0.15) is 28.2 Å². The second kappa shape index (κ2) is 5.94. The molecule has 0 saturated carbocycles. The Morgan fingerprint density at radius 1 is 1.42 bits per heavy atom. The van der Waals surface area contributed by atoms with Gasteiger partial charge in [-0.15, -0.1) is 11.3 Å². The normalized spacial score (nSPS) is 12.2. The Labute approximate surface area is 128 Å². The number of hydrogen-bond acceptors (Lipinski definition) is 3. The van der Waals surface area contributed by atoms with Gasteiger partial charge in [-0.3, -0.25) is 0 Å². The molecule has 2 N–H and O–H groups in total. The molecule has 0 bridgehead atoms. The van der Waals surface area contributed by atoms with Crippen molar-refractivity contribution in [2.45, 2.75) is 13.0 Å². The van der Waals surface area contributed by atoms with Crippen LogP contribution in [0, 0.1) is 0 Å². The molecular formula is C13H11BrClNO2S. The first kappa shape index (κ1) is 14.4. The second-order valence-electron chi connectivity index (χ2n) is 4.01. The molecule has 0 saturated heterocycles. The second-order valence-corrected chi connectivity index (χ2v) is 6.61. The van der Waals surface area contributed by atoms with E-state index in [1.165, 1.54) is 11.3 Å².